The largest absolute Gasteiger partial charge is 0.337 e. The summed E-state index contributed by atoms with van der Waals surface area (Å²) >= 11 is 0. The number of carbonyl (C=O) groups is 1. The lowest BCUT2D eigenvalue weighted by atomic mass is 9.86. The Hall–Kier alpha value is -1.13. The van der Waals surface area contributed by atoms with Gasteiger partial charge in [0.1, 0.15) is 5.82 Å². The predicted molar refractivity (Wildman–Crippen MR) is 82.2 cm³/mol. The van der Waals surface area contributed by atoms with E-state index in [0.717, 1.165) is 5.56 Å². The van der Waals surface area contributed by atoms with Crippen LogP contribution in [0.15, 0.2) is 24.3 Å². The topological polar surface area (TPSA) is 46.3 Å². The molecule has 1 atom stereocenters. The SMILES string of the molecule is CCN(Cc1cccc(F)c1)C(=O)[C@@H](N)C(C)(C)C.Cl. The minimum Gasteiger partial charge on any atom is -0.337 e. The van der Waals surface area contributed by atoms with E-state index in [0.29, 0.717) is 13.1 Å². The first-order valence-corrected chi connectivity index (χ1v) is 6.54. The van der Waals surface area contributed by atoms with Crippen LogP contribution in [0.1, 0.15) is 33.3 Å². The fraction of sp³-hybridized carbons (Fsp3) is 0.533. The highest BCUT2D eigenvalue weighted by Crippen LogP contribution is 2.20. The van der Waals surface area contributed by atoms with Crippen molar-refractivity contribution in [2.75, 3.05) is 6.54 Å². The van der Waals surface area contributed by atoms with Gasteiger partial charge in [0.05, 0.1) is 6.04 Å². The van der Waals surface area contributed by atoms with Crippen molar-refractivity contribution < 1.29 is 9.18 Å². The van der Waals surface area contributed by atoms with Gasteiger partial charge in [-0.1, -0.05) is 32.9 Å². The highest BCUT2D eigenvalue weighted by molar-refractivity contribution is 5.85. The number of amides is 1. The number of nitrogens with zero attached hydrogens (tertiary/aromatic N) is 1. The van der Waals surface area contributed by atoms with Crippen LogP contribution in [0.4, 0.5) is 4.39 Å². The Morgan fingerprint density at radius 1 is 1.40 bits per heavy atom. The summed E-state index contributed by atoms with van der Waals surface area (Å²) in [5.74, 6) is -0.389. The number of benzene rings is 1. The molecule has 0 bridgehead atoms. The molecule has 0 spiro atoms. The monoisotopic (exact) mass is 302 g/mol. The number of rotatable bonds is 4. The quantitative estimate of drug-likeness (QED) is 0.929. The molecule has 0 aliphatic carbocycles. The molecule has 1 aromatic carbocycles. The molecule has 5 heteroatoms. The predicted octanol–water partition coefficient (Wildman–Crippen LogP) is 2.97. The minimum atomic E-state index is -0.555. The molecule has 0 saturated carbocycles. The molecule has 1 amide bonds. The van der Waals surface area contributed by atoms with Crippen LogP contribution >= 0.6 is 12.4 Å². The summed E-state index contributed by atoms with van der Waals surface area (Å²) in [4.78, 5) is 14.0. The van der Waals surface area contributed by atoms with Gasteiger partial charge in [-0.05, 0) is 30.0 Å². The lowest BCUT2D eigenvalue weighted by molar-refractivity contribution is -0.135. The zero-order valence-corrected chi connectivity index (χ0v) is 13.3. The molecule has 0 aliphatic heterocycles. The van der Waals surface area contributed by atoms with Gasteiger partial charge < -0.3 is 10.6 Å². The zero-order chi connectivity index (χ0) is 14.6. The molecule has 0 heterocycles. The smallest absolute Gasteiger partial charge is 0.240 e. The van der Waals surface area contributed by atoms with Crippen molar-refractivity contribution in [1.82, 2.24) is 4.90 Å². The molecule has 0 fully saturated rings. The van der Waals surface area contributed by atoms with Crippen LogP contribution in [0.3, 0.4) is 0 Å². The van der Waals surface area contributed by atoms with E-state index in [2.05, 4.69) is 0 Å². The van der Waals surface area contributed by atoms with Crippen molar-refractivity contribution in [2.24, 2.45) is 11.1 Å². The van der Waals surface area contributed by atoms with E-state index in [1.54, 1.807) is 11.0 Å². The summed E-state index contributed by atoms with van der Waals surface area (Å²) < 4.78 is 13.1. The molecule has 3 nitrogen and oxygen atoms in total. The van der Waals surface area contributed by atoms with E-state index in [1.807, 2.05) is 33.8 Å². The van der Waals surface area contributed by atoms with E-state index in [9.17, 15) is 9.18 Å². The van der Waals surface area contributed by atoms with Crippen LogP contribution < -0.4 is 5.73 Å². The van der Waals surface area contributed by atoms with Crippen molar-refractivity contribution >= 4 is 18.3 Å². The summed E-state index contributed by atoms with van der Waals surface area (Å²) in [5, 5.41) is 0. The van der Waals surface area contributed by atoms with Gasteiger partial charge in [-0.15, -0.1) is 12.4 Å². The van der Waals surface area contributed by atoms with Gasteiger partial charge in [0.25, 0.3) is 0 Å². The van der Waals surface area contributed by atoms with Gasteiger partial charge in [0.15, 0.2) is 0 Å². The Balaban J connectivity index is 0.00000361. The number of nitrogens with two attached hydrogens (primary N) is 1. The summed E-state index contributed by atoms with van der Waals surface area (Å²) in [6.07, 6.45) is 0. The van der Waals surface area contributed by atoms with Crippen molar-refractivity contribution in [3.63, 3.8) is 0 Å². The first kappa shape index (κ1) is 18.9. The van der Waals surface area contributed by atoms with Crippen LogP contribution in [-0.2, 0) is 11.3 Å². The Morgan fingerprint density at radius 2 is 2.00 bits per heavy atom. The second-order valence-corrected chi connectivity index (χ2v) is 5.83. The first-order valence-electron chi connectivity index (χ1n) is 6.54. The maximum atomic E-state index is 13.1. The lowest BCUT2D eigenvalue weighted by Gasteiger charge is -2.31. The van der Waals surface area contributed by atoms with E-state index < -0.39 is 6.04 Å². The molecule has 1 aromatic rings. The number of hydrogen-bond acceptors (Lipinski definition) is 2. The molecule has 1 rings (SSSR count). The zero-order valence-electron chi connectivity index (χ0n) is 12.5. The van der Waals surface area contributed by atoms with E-state index in [4.69, 9.17) is 5.73 Å². The average molecular weight is 303 g/mol. The lowest BCUT2D eigenvalue weighted by Crippen LogP contribution is -2.50. The Morgan fingerprint density at radius 3 is 2.45 bits per heavy atom. The van der Waals surface area contributed by atoms with Gasteiger partial charge in [-0.2, -0.15) is 0 Å². The maximum Gasteiger partial charge on any atom is 0.240 e. The molecule has 114 valence electrons. The number of halogens is 2. The third-order valence-corrected chi connectivity index (χ3v) is 3.15. The van der Waals surface area contributed by atoms with Crippen molar-refractivity contribution in [2.45, 2.75) is 40.3 Å². The summed E-state index contributed by atoms with van der Waals surface area (Å²) in [6.45, 7) is 8.64. The van der Waals surface area contributed by atoms with Gasteiger partial charge in [0, 0.05) is 13.1 Å². The second-order valence-electron chi connectivity index (χ2n) is 5.83. The molecular weight excluding hydrogens is 279 g/mol. The van der Waals surface area contributed by atoms with Crippen LogP contribution in [0.25, 0.3) is 0 Å². The van der Waals surface area contributed by atoms with E-state index in [1.165, 1.54) is 12.1 Å². The third kappa shape index (κ3) is 5.10. The molecule has 20 heavy (non-hydrogen) atoms. The Bertz CT molecular complexity index is 446. The van der Waals surface area contributed by atoms with Gasteiger partial charge in [-0.3, -0.25) is 4.79 Å². The number of likely N-dealkylation sites (N-methyl/N-ethyl adjacent to an activating group) is 1. The van der Waals surface area contributed by atoms with Crippen molar-refractivity contribution in [3.05, 3.63) is 35.6 Å². The summed E-state index contributed by atoms with van der Waals surface area (Å²) in [6, 6.07) is 5.73. The van der Waals surface area contributed by atoms with E-state index >= 15 is 0 Å². The van der Waals surface area contributed by atoms with Crippen LogP contribution in [0.5, 0.6) is 0 Å². The van der Waals surface area contributed by atoms with Crippen LogP contribution in [0.2, 0.25) is 0 Å². The number of carbonyl (C=O) groups excluding carboxylic acids is 1. The normalized spacial score (nSPS) is 12.5. The first-order chi connectivity index (χ1) is 8.75. The number of hydrogen-bond donors (Lipinski definition) is 1. The molecule has 2 N–H and O–H groups in total. The van der Waals surface area contributed by atoms with Gasteiger partial charge >= 0.3 is 0 Å². The fourth-order valence-electron chi connectivity index (χ4n) is 1.77. The molecule has 0 saturated heterocycles. The van der Waals surface area contributed by atoms with Crippen LogP contribution in [0, 0.1) is 11.2 Å². The summed E-state index contributed by atoms with van der Waals surface area (Å²) in [7, 11) is 0. The van der Waals surface area contributed by atoms with E-state index in [-0.39, 0.29) is 29.5 Å². The van der Waals surface area contributed by atoms with Crippen LogP contribution in [-0.4, -0.2) is 23.4 Å². The highest BCUT2D eigenvalue weighted by atomic mass is 35.5. The molecular formula is C15H24ClFN2O. The van der Waals surface area contributed by atoms with Gasteiger partial charge in [-0.25, -0.2) is 4.39 Å². The average Bonchev–Trinajstić information content (AvgIpc) is 2.33. The molecule has 0 radical (unpaired) electrons. The Labute approximate surface area is 126 Å². The summed E-state index contributed by atoms with van der Waals surface area (Å²) in [5.41, 5.74) is 6.48. The molecule has 0 aliphatic rings. The fourth-order valence-corrected chi connectivity index (χ4v) is 1.77. The standard InChI is InChI=1S/C15H23FN2O.ClH/c1-5-18(14(19)13(17)15(2,3)4)10-11-7-6-8-12(16)9-11;/h6-9,13H,5,10,17H2,1-4H3;1H/t13-;/m1./s1. The highest BCUT2D eigenvalue weighted by Gasteiger charge is 2.30. The van der Waals surface area contributed by atoms with Gasteiger partial charge in [0.2, 0.25) is 5.91 Å². The Kier molecular flexibility index (Phi) is 7.17. The molecule has 0 unspecified atom stereocenters. The molecule has 0 aromatic heterocycles. The third-order valence-electron chi connectivity index (χ3n) is 3.15. The van der Waals surface area contributed by atoms with Crippen molar-refractivity contribution in [1.29, 1.82) is 0 Å². The maximum absolute atomic E-state index is 13.1. The second kappa shape index (κ2) is 7.60. The minimum absolute atomic E-state index is 0. The van der Waals surface area contributed by atoms with Crippen molar-refractivity contribution in [3.8, 4) is 0 Å².